The van der Waals surface area contributed by atoms with Crippen molar-refractivity contribution in [1.82, 2.24) is 10.2 Å². The molecule has 0 rings (SSSR count). The lowest BCUT2D eigenvalue weighted by Gasteiger charge is -2.18. The monoisotopic (exact) mass is 274 g/mol. The van der Waals surface area contributed by atoms with Crippen molar-refractivity contribution in [3.63, 3.8) is 0 Å². The number of ether oxygens (including phenoxy) is 1. The van der Waals surface area contributed by atoms with Crippen molar-refractivity contribution in [2.24, 2.45) is 0 Å². The maximum atomic E-state index is 5.19. The molecule has 1 N–H and O–H groups in total. The number of methoxy groups -OCH3 is 1. The first kappa shape index (κ1) is 16.6. The minimum Gasteiger partial charge on any atom is -0.383 e. The number of hydrogen-bond acceptors (Lipinski definition) is 4. The minimum atomic E-state index is 0.680. The quantitative estimate of drug-likeness (QED) is 0.373. The van der Waals surface area contributed by atoms with Gasteiger partial charge in [0.2, 0.25) is 0 Å². The Labute approximate surface area is 114 Å². The molecule has 0 aliphatic carbocycles. The van der Waals surface area contributed by atoms with Crippen LogP contribution in [0.4, 0.5) is 0 Å². The largest absolute Gasteiger partial charge is 0.383 e. The maximum Gasteiger partial charge on any atom is 0.133 e. The van der Waals surface area contributed by atoms with Crippen molar-refractivity contribution in [3.8, 4) is 0 Å². The van der Waals surface area contributed by atoms with Crippen LogP contribution in [0.3, 0.4) is 0 Å². The van der Waals surface area contributed by atoms with Crippen molar-refractivity contribution in [3.05, 3.63) is 25.3 Å². The first-order valence-electron chi connectivity index (χ1n) is 5.58. The maximum absolute atomic E-state index is 5.19. The molecule has 0 saturated carbocycles. The first-order valence-corrected chi connectivity index (χ1v) is 6.97. The van der Waals surface area contributed by atoms with E-state index in [2.05, 4.69) is 23.4 Å². The van der Waals surface area contributed by atoms with Crippen molar-refractivity contribution < 1.29 is 4.74 Å². The van der Waals surface area contributed by atoms with Crippen LogP contribution in [0.2, 0.25) is 0 Å². The molecule has 0 heterocycles. The van der Waals surface area contributed by atoms with Crippen molar-refractivity contribution in [1.29, 1.82) is 0 Å². The Bertz CT molecular complexity index is 225. The number of rotatable bonds is 10. The molecule has 0 fully saturated rings. The average molecular weight is 274 g/mol. The Hall–Kier alpha value is -0.360. The van der Waals surface area contributed by atoms with Gasteiger partial charge in [-0.25, -0.2) is 0 Å². The minimum absolute atomic E-state index is 0.680. The van der Waals surface area contributed by atoms with Crippen LogP contribution in [-0.2, 0) is 4.74 Å². The standard InChI is InChI=1S/C12H22N2OS2/c1-4-7-14(8-5-2)9-11-17-12(16)13-6-10-15-3/h4-5H,1-2,6-11H2,3H3,(H,13,16). The van der Waals surface area contributed by atoms with Crippen LogP contribution in [0.5, 0.6) is 0 Å². The van der Waals surface area contributed by atoms with Crippen molar-refractivity contribution in [2.45, 2.75) is 0 Å². The summed E-state index contributed by atoms with van der Waals surface area (Å²) in [6.45, 7) is 11.7. The molecule has 0 spiro atoms. The molecule has 0 aromatic rings. The Morgan fingerprint density at radius 2 is 2.06 bits per heavy atom. The van der Waals surface area contributed by atoms with Crippen molar-refractivity contribution >= 4 is 28.3 Å². The fourth-order valence-corrected chi connectivity index (χ4v) is 2.29. The Kier molecular flexibility index (Phi) is 11.8. The second kappa shape index (κ2) is 12.1. The van der Waals surface area contributed by atoms with Gasteiger partial charge in [0.05, 0.1) is 6.61 Å². The lowest BCUT2D eigenvalue weighted by molar-refractivity contribution is 0.204. The third kappa shape index (κ3) is 10.5. The summed E-state index contributed by atoms with van der Waals surface area (Å²) in [5.74, 6) is 0.973. The summed E-state index contributed by atoms with van der Waals surface area (Å²) < 4.78 is 5.77. The van der Waals surface area contributed by atoms with E-state index in [0.717, 1.165) is 36.3 Å². The molecule has 0 bridgehead atoms. The van der Waals surface area contributed by atoms with E-state index in [1.807, 2.05) is 12.2 Å². The van der Waals surface area contributed by atoms with Gasteiger partial charge in [-0.3, -0.25) is 4.90 Å². The molecule has 0 atom stereocenters. The topological polar surface area (TPSA) is 24.5 Å². The third-order valence-corrected chi connectivity index (χ3v) is 3.28. The van der Waals surface area contributed by atoms with Crippen LogP contribution in [0.25, 0.3) is 0 Å². The van der Waals surface area contributed by atoms with Gasteiger partial charge in [-0.2, -0.15) is 0 Å². The summed E-state index contributed by atoms with van der Waals surface area (Å²) in [7, 11) is 1.68. The molecular weight excluding hydrogens is 252 g/mol. The van der Waals surface area contributed by atoms with E-state index >= 15 is 0 Å². The van der Waals surface area contributed by atoms with Crippen LogP contribution in [0, 0.1) is 0 Å². The molecule has 0 saturated heterocycles. The summed E-state index contributed by atoms with van der Waals surface area (Å²) in [5.41, 5.74) is 0. The molecule has 0 aromatic heterocycles. The Morgan fingerprint density at radius 3 is 2.59 bits per heavy atom. The highest BCUT2D eigenvalue weighted by Gasteiger charge is 2.02. The van der Waals surface area contributed by atoms with E-state index in [9.17, 15) is 0 Å². The second-order valence-corrected chi connectivity index (χ2v) is 5.16. The number of thiocarbonyl (C=S) groups is 1. The van der Waals surface area contributed by atoms with Crippen LogP contribution in [-0.4, -0.2) is 54.9 Å². The van der Waals surface area contributed by atoms with E-state index < -0.39 is 0 Å². The molecule has 3 nitrogen and oxygen atoms in total. The van der Waals surface area contributed by atoms with Gasteiger partial charge in [0.25, 0.3) is 0 Å². The van der Waals surface area contributed by atoms with Crippen molar-refractivity contribution in [2.75, 3.05) is 45.6 Å². The van der Waals surface area contributed by atoms with E-state index in [0.29, 0.717) is 6.61 Å². The lowest BCUT2D eigenvalue weighted by Crippen LogP contribution is -2.28. The summed E-state index contributed by atoms with van der Waals surface area (Å²) in [4.78, 5) is 2.27. The van der Waals surface area contributed by atoms with Gasteiger partial charge in [0.1, 0.15) is 4.32 Å². The fraction of sp³-hybridized carbons (Fsp3) is 0.583. The summed E-state index contributed by atoms with van der Waals surface area (Å²) >= 11 is 6.85. The van der Waals surface area contributed by atoms with Gasteiger partial charge < -0.3 is 10.1 Å². The Balaban J connectivity index is 3.60. The van der Waals surface area contributed by atoms with E-state index in [1.165, 1.54) is 0 Å². The molecule has 0 aliphatic rings. The molecule has 0 radical (unpaired) electrons. The van der Waals surface area contributed by atoms with Gasteiger partial charge in [-0.05, 0) is 0 Å². The zero-order valence-electron chi connectivity index (χ0n) is 10.5. The molecular formula is C12H22N2OS2. The predicted molar refractivity (Wildman–Crippen MR) is 81.8 cm³/mol. The predicted octanol–water partition coefficient (Wildman–Crippen LogP) is 1.91. The zero-order valence-corrected chi connectivity index (χ0v) is 12.1. The van der Waals surface area contributed by atoms with Crippen LogP contribution >= 0.6 is 24.0 Å². The highest BCUT2D eigenvalue weighted by Crippen LogP contribution is 2.03. The SMILES string of the molecule is C=CCN(CC=C)CCSC(=S)NCCOC. The number of nitrogens with zero attached hydrogens (tertiary/aromatic N) is 1. The third-order valence-electron chi connectivity index (χ3n) is 1.99. The van der Waals surface area contributed by atoms with Gasteiger partial charge in [0, 0.05) is 39.0 Å². The zero-order chi connectivity index (χ0) is 12.9. The first-order chi connectivity index (χ1) is 8.24. The molecule has 0 unspecified atom stereocenters. The molecule has 98 valence electrons. The van der Waals surface area contributed by atoms with E-state index in [-0.39, 0.29) is 0 Å². The number of thioether (sulfide) groups is 1. The normalized spacial score (nSPS) is 10.2. The Morgan fingerprint density at radius 1 is 1.41 bits per heavy atom. The van der Waals surface area contributed by atoms with Crippen LogP contribution in [0.15, 0.2) is 25.3 Å². The van der Waals surface area contributed by atoms with Gasteiger partial charge in [0.15, 0.2) is 0 Å². The van der Waals surface area contributed by atoms with Gasteiger partial charge in [-0.15, -0.1) is 13.2 Å². The van der Waals surface area contributed by atoms with Crippen LogP contribution in [0.1, 0.15) is 0 Å². The summed E-state index contributed by atoms with van der Waals surface area (Å²) in [6, 6.07) is 0. The molecule has 0 aromatic carbocycles. The van der Waals surface area contributed by atoms with Gasteiger partial charge >= 0.3 is 0 Å². The molecule has 0 amide bonds. The van der Waals surface area contributed by atoms with Gasteiger partial charge in [-0.1, -0.05) is 36.1 Å². The summed E-state index contributed by atoms with van der Waals surface area (Å²) in [5, 5.41) is 3.13. The second-order valence-electron chi connectivity index (χ2n) is 3.39. The number of hydrogen-bond donors (Lipinski definition) is 1. The molecule has 5 heteroatoms. The summed E-state index contributed by atoms with van der Waals surface area (Å²) in [6.07, 6.45) is 3.81. The highest BCUT2D eigenvalue weighted by molar-refractivity contribution is 8.22. The fourth-order valence-electron chi connectivity index (χ4n) is 1.20. The lowest BCUT2D eigenvalue weighted by atomic mass is 10.4. The van der Waals surface area contributed by atoms with E-state index in [1.54, 1.807) is 18.9 Å². The molecule has 0 aliphatic heterocycles. The number of nitrogens with one attached hydrogen (secondary N) is 1. The molecule has 17 heavy (non-hydrogen) atoms. The average Bonchev–Trinajstić information content (AvgIpc) is 2.30. The van der Waals surface area contributed by atoms with Crippen LogP contribution < -0.4 is 5.32 Å². The smallest absolute Gasteiger partial charge is 0.133 e. The van der Waals surface area contributed by atoms with E-state index in [4.69, 9.17) is 17.0 Å². The highest BCUT2D eigenvalue weighted by atomic mass is 32.2.